The Bertz CT molecular complexity index is 678. The van der Waals surface area contributed by atoms with Crippen molar-refractivity contribution in [2.75, 3.05) is 40.3 Å². The second kappa shape index (κ2) is 6.98. The maximum Gasteiger partial charge on any atom is 0.281 e. The molecule has 1 aromatic carbocycles. The van der Waals surface area contributed by atoms with Crippen molar-refractivity contribution >= 4 is 16.1 Å². The van der Waals surface area contributed by atoms with Crippen LogP contribution in [0.1, 0.15) is 16.7 Å². The number of nitrogens with zero attached hydrogens (tertiary/aromatic N) is 3. The van der Waals surface area contributed by atoms with E-state index < -0.39 is 10.2 Å². The second-order valence-electron chi connectivity index (χ2n) is 6.18. The molecule has 1 aromatic rings. The molecule has 6 nitrogen and oxygen atoms in total. The van der Waals surface area contributed by atoms with Gasteiger partial charge in [0.05, 0.1) is 6.42 Å². The number of benzene rings is 1. The summed E-state index contributed by atoms with van der Waals surface area (Å²) in [6.07, 6.45) is 0.368. The highest BCUT2D eigenvalue weighted by atomic mass is 32.2. The van der Waals surface area contributed by atoms with Gasteiger partial charge < -0.3 is 4.90 Å². The highest BCUT2D eigenvalue weighted by Gasteiger charge is 2.30. The number of carbonyl (C=O) groups is 1. The van der Waals surface area contributed by atoms with Crippen molar-refractivity contribution in [1.82, 2.24) is 13.5 Å². The molecule has 1 aliphatic rings. The minimum atomic E-state index is -3.39. The Hall–Kier alpha value is -1.44. The lowest BCUT2D eigenvalue weighted by Gasteiger charge is -2.35. The summed E-state index contributed by atoms with van der Waals surface area (Å²) in [6.45, 7) is 5.62. The third kappa shape index (κ3) is 4.10. The third-order valence-corrected chi connectivity index (χ3v) is 6.16. The molecular formula is C16H25N3O3S. The van der Waals surface area contributed by atoms with Crippen LogP contribution in [0.15, 0.2) is 18.2 Å². The van der Waals surface area contributed by atoms with E-state index in [4.69, 9.17) is 0 Å². The van der Waals surface area contributed by atoms with Gasteiger partial charge >= 0.3 is 0 Å². The lowest BCUT2D eigenvalue weighted by Crippen LogP contribution is -2.53. The summed E-state index contributed by atoms with van der Waals surface area (Å²) < 4.78 is 26.8. The summed E-state index contributed by atoms with van der Waals surface area (Å²) in [5.74, 6) is 0.0545. The van der Waals surface area contributed by atoms with Crippen molar-refractivity contribution in [1.29, 1.82) is 0 Å². The van der Waals surface area contributed by atoms with Crippen LogP contribution in [0.2, 0.25) is 0 Å². The average Bonchev–Trinajstić information content (AvgIpc) is 2.50. The number of carbonyl (C=O) groups excluding carboxylic acids is 1. The van der Waals surface area contributed by atoms with Gasteiger partial charge in [0, 0.05) is 40.3 Å². The summed E-state index contributed by atoms with van der Waals surface area (Å²) in [5, 5.41) is 0. The molecule has 0 spiro atoms. The molecular weight excluding hydrogens is 314 g/mol. The fraction of sp³-hybridized carbons (Fsp3) is 0.562. The first-order chi connectivity index (χ1) is 10.7. The lowest BCUT2D eigenvalue weighted by molar-refractivity contribution is -0.131. The van der Waals surface area contributed by atoms with E-state index in [0.29, 0.717) is 32.6 Å². The van der Waals surface area contributed by atoms with Crippen molar-refractivity contribution in [2.45, 2.75) is 20.3 Å². The Morgan fingerprint density at radius 1 is 1.13 bits per heavy atom. The highest BCUT2D eigenvalue weighted by molar-refractivity contribution is 7.86. The number of hydrogen-bond acceptors (Lipinski definition) is 3. The Balaban J connectivity index is 1.96. The van der Waals surface area contributed by atoms with Crippen LogP contribution >= 0.6 is 0 Å². The van der Waals surface area contributed by atoms with Gasteiger partial charge in [0.1, 0.15) is 0 Å². The molecule has 7 heteroatoms. The number of rotatable bonds is 4. The molecule has 0 atom stereocenters. The normalized spacial score (nSPS) is 16.8. The smallest absolute Gasteiger partial charge is 0.281 e. The van der Waals surface area contributed by atoms with Gasteiger partial charge in [-0.15, -0.1) is 0 Å². The molecule has 1 heterocycles. The van der Waals surface area contributed by atoms with Crippen LogP contribution in [0, 0.1) is 13.8 Å². The van der Waals surface area contributed by atoms with Crippen molar-refractivity contribution in [3.63, 3.8) is 0 Å². The van der Waals surface area contributed by atoms with Crippen LogP contribution in [-0.4, -0.2) is 68.1 Å². The van der Waals surface area contributed by atoms with Crippen LogP contribution in [0.25, 0.3) is 0 Å². The molecule has 23 heavy (non-hydrogen) atoms. The number of hydrogen-bond donors (Lipinski definition) is 0. The molecule has 0 aliphatic carbocycles. The van der Waals surface area contributed by atoms with E-state index in [1.807, 2.05) is 26.0 Å². The lowest BCUT2D eigenvalue weighted by atomic mass is 10.0. The van der Waals surface area contributed by atoms with Gasteiger partial charge in [-0.3, -0.25) is 4.79 Å². The van der Waals surface area contributed by atoms with Gasteiger partial charge in [-0.2, -0.15) is 17.0 Å². The van der Waals surface area contributed by atoms with E-state index in [-0.39, 0.29) is 5.91 Å². The average molecular weight is 339 g/mol. The Labute approximate surface area is 138 Å². The predicted octanol–water partition coefficient (Wildman–Crippen LogP) is 0.797. The van der Waals surface area contributed by atoms with Crippen molar-refractivity contribution < 1.29 is 13.2 Å². The minimum Gasteiger partial charge on any atom is -0.340 e. The van der Waals surface area contributed by atoms with Crippen LogP contribution in [-0.2, 0) is 21.4 Å². The van der Waals surface area contributed by atoms with E-state index in [9.17, 15) is 13.2 Å². The van der Waals surface area contributed by atoms with Gasteiger partial charge in [0.2, 0.25) is 5.91 Å². The first-order valence-electron chi connectivity index (χ1n) is 7.73. The van der Waals surface area contributed by atoms with E-state index in [0.717, 1.165) is 11.1 Å². The first kappa shape index (κ1) is 17.9. The Kier molecular flexibility index (Phi) is 5.44. The van der Waals surface area contributed by atoms with Gasteiger partial charge in [-0.1, -0.05) is 23.8 Å². The predicted molar refractivity (Wildman–Crippen MR) is 90.4 cm³/mol. The zero-order valence-corrected chi connectivity index (χ0v) is 15.1. The monoisotopic (exact) mass is 339 g/mol. The summed E-state index contributed by atoms with van der Waals surface area (Å²) in [6, 6.07) is 6.08. The SMILES string of the molecule is Cc1ccc(CC(=O)N2CCN(S(=O)(=O)N(C)C)CC2)c(C)c1. The van der Waals surface area contributed by atoms with E-state index in [1.165, 1.54) is 28.3 Å². The van der Waals surface area contributed by atoms with Gasteiger partial charge in [0.15, 0.2) is 0 Å². The van der Waals surface area contributed by atoms with Crippen LogP contribution < -0.4 is 0 Å². The van der Waals surface area contributed by atoms with E-state index in [1.54, 1.807) is 4.90 Å². The maximum atomic E-state index is 12.4. The standard InChI is InChI=1S/C16H25N3O3S/c1-13-5-6-15(14(2)11-13)12-16(20)18-7-9-19(10-8-18)23(21,22)17(3)4/h5-6,11H,7-10,12H2,1-4H3. The molecule has 1 saturated heterocycles. The molecule has 0 N–H and O–H groups in total. The van der Waals surface area contributed by atoms with Crippen LogP contribution in [0.3, 0.4) is 0 Å². The quantitative estimate of drug-likeness (QED) is 0.815. The van der Waals surface area contributed by atoms with Crippen molar-refractivity contribution in [3.05, 3.63) is 34.9 Å². The summed E-state index contributed by atoms with van der Waals surface area (Å²) in [7, 11) is -0.349. The molecule has 1 fully saturated rings. The molecule has 1 amide bonds. The minimum absolute atomic E-state index is 0.0545. The molecule has 0 saturated carbocycles. The second-order valence-corrected chi connectivity index (χ2v) is 8.32. The fourth-order valence-electron chi connectivity index (χ4n) is 2.72. The van der Waals surface area contributed by atoms with Crippen LogP contribution in [0.4, 0.5) is 0 Å². The fourth-order valence-corrected chi connectivity index (χ4v) is 3.80. The Morgan fingerprint density at radius 3 is 2.26 bits per heavy atom. The van der Waals surface area contributed by atoms with Crippen LogP contribution in [0.5, 0.6) is 0 Å². The van der Waals surface area contributed by atoms with Crippen molar-refractivity contribution in [3.8, 4) is 0 Å². The molecule has 0 unspecified atom stereocenters. The number of aryl methyl sites for hydroxylation is 2. The molecule has 2 rings (SSSR count). The van der Waals surface area contributed by atoms with Crippen molar-refractivity contribution in [2.24, 2.45) is 0 Å². The maximum absolute atomic E-state index is 12.4. The molecule has 0 bridgehead atoms. The molecule has 128 valence electrons. The Morgan fingerprint density at radius 2 is 1.74 bits per heavy atom. The third-order valence-electron chi connectivity index (χ3n) is 4.22. The van der Waals surface area contributed by atoms with Gasteiger partial charge in [-0.25, -0.2) is 0 Å². The number of amides is 1. The van der Waals surface area contributed by atoms with Gasteiger partial charge in [-0.05, 0) is 25.0 Å². The first-order valence-corrected chi connectivity index (χ1v) is 9.13. The molecule has 0 radical (unpaired) electrons. The largest absolute Gasteiger partial charge is 0.340 e. The number of piperazine rings is 1. The molecule has 0 aromatic heterocycles. The zero-order valence-electron chi connectivity index (χ0n) is 14.2. The van der Waals surface area contributed by atoms with E-state index in [2.05, 4.69) is 6.07 Å². The molecule has 1 aliphatic heterocycles. The highest BCUT2D eigenvalue weighted by Crippen LogP contribution is 2.14. The summed E-state index contributed by atoms with van der Waals surface area (Å²) in [5.41, 5.74) is 3.33. The zero-order chi connectivity index (χ0) is 17.2. The summed E-state index contributed by atoms with van der Waals surface area (Å²) >= 11 is 0. The van der Waals surface area contributed by atoms with E-state index >= 15 is 0 Å². The topological polar surface area (TPSA) is 60.9 Å². The van der Waals surface area contributed by atoms with Gasteiger partial charge in [0.25, 0.3) is 10.2 Å². The summed E-state index contributed by atoms with van der Waals surface area (Å²) in [4.78, 5) is 14.2.